The molecule has 5 nitrogen and oxygen atoms in total. The van der Waals surface area contributed by atoms with Crippen molar-refractivity contribution in [2.24, 2.45) is 5.84 Å². The predicted octanol–water partition coefficient (Wildman–Crippen LogP) is 2.41. The highest BCUT2D eigenvalue weighted by Gasteiger charge is 2.04. The lowest BCUT2D eigenvalue weighted by Crippen LogP contribution is -2.11. The Morgan fingerprint density at radius 2 is 2.12 bits per heavy atom. The Morgan fingerprint density at radius 3 is 2.82 bits per heavy atom. The molecule has 1 heterocycles. The average molecular weight is 298 g/mol. The van der Waals surface area contributed by atoms with E-state index < -0.39 is 0 Å². The number of hydrogen-bond acceptors (Lipinski definition) is 5. The van der Waals surface area contributed by atoms with Crippen LogP contribution in [0.15, 0.2) is 34.9 Å². The molecule has 4 N–H and O–H groups in total. The second kappa shape index (κ2) is 5.07. The van der Waals surface area contributed by atoms with Crippen molar-refractivity contribution < 1.29 is 4.39 Å². The molecule has 1 aromatic heterocycles. The van der Waals surface area contributed by atoms with Crippen molar-refractivity contribution in [2.45, 2.75) is 0 Å². The third kappa shape index (κ3) is 2.89. The summed E-state index contributed by atoms with van der Waals surface area (Å²) in [6.45, 7) is 0. The van der Waals surface area contributed by atoms with Gasteiger partial charge < -0.3 is 5.32 Å². The third-order valence-electron chi connectivity index (χ3n) is 1.98. The number of nitrogens with two attached hydrogens (primary N) is 1. The Hall–Kier alpha value is -1.73. The third-order valence-corrected chi connectivity index (χ3v) is 2.47. The first-order chi connectivity index (χ1) is 8.19. The van der Waals surface area contributed by atoms with Crippen LogP contribution >= 0.6 is 15.9 Å². The summed E-state index contributed by atoms with van der Waals surface area (Å²) in [4.78, 5) is 7.86. The molecule has 7 heteroatoms. The first-order valence-corrected chi connectivity index (χ1v) is 5.50. The van der Waals surface area contributed by atoms with E-state index in [-0.39, 0.29) is 11.8 Å². The molecule has 0 fully saturated rings. The topological polar surface area (TPSA) is 75.9 Å². The van der Waals surface area contributed by atoms with Crippen molar-refractivity contribution in [1.29, 1.82) is 0 Å². The van der Waals surface area contributed by atoms with Crippen LogP contribution in [-0.2, 0) is 0 Å². The Bertz CT molecular complexity index is 534. The number of rotatable bonds is 3. The van der Waals surface area contributed by atoms with Gasteiger partial charge in [0.15, 0.2) is 0 Å². The highest BCUT2D eigenvalue weighted by atomic mass is 79.9. The molecule has 0 atom stereocenters. The fourth-order valence-electron chi connectivity index (χ4n) is 1.23. The van der Waals surface area contributed by atoms with Gasteiger partial charge in [-0.1, -0.05) is 15.9 Å². The van der Waals surface area contributed by atoms with E-state index in [2.05, 4.69) is 36.6 Å². The first kappa shape index (κ1) is 11.7. The van der Waals surface area contributed by atoms with E-state index in [0.29, 0.717) is 16.0 Å². The number of hydrazine groups is 1. The van der Waals surface area contributed by atoms with Gasteiger partial charge in [-0.15, -0.1) is 0 Å². The van der Waals surface area contributed by atoms with E-state index in [1.54, 1.807) is 18.2 Å². The SMILES string of the molecule is NNc1nccc(Nc2ccc(Br)cc2F)n1. The summed E-state index contributed by atoms with van der Waals surface area (Å²) in [5, 5.41) is 2.83. The molecular formula is C10H9BrFN5. The number of hydrogen-bond donors (Lipinski definition) is 3. The molecule has 0 amide bonds. The van der Waals surface area contributed by atoms with Gasteiger partial charge in [-0.3, -0.25) is 5.43 Å². The van der Waals surface area contributed by atoms with E-state index in [0.717, 1.165) is 0 Å². The van der Waals surface area contributed by atoms with Crippen LogP contribution in [0.25, 0.3) is 0 Å². The van der Waals surface area contributed by atoms with Gasteiger partial charge in [0.1, 0.15) is 11.6 Å². The van der Waals surface area contributed by atoms with Gasteiger partial charge in [-0.25, -0.2) is 15.2 Å². The molecule has 2 aromatic rings. The molecule has 2 rings (SSSR count). The summed E-state index contributed by atoms with van der Waals surface area (Å²) in [6.07, 6.45) is 1.52. The number of nitrogen functional groups attached to an aromatic ring is 1. The lowest BCUT2D eigenvalue weighted by Gasteiger charge is -2.07. The summed E-state index contributed by atoms with van der Waals surface area (Å²) in [5.74, 6) is 5.51. The molecule has 0 aliphatic rings. The van der Waals surface area contributed by atoms with E-state index in [1.807, 2.05) is 0 Å². The fraction of sp³-hybridized carbons (Fsp3) is 0. The molecule has 0 aliphatic heterocycles. The minimum Gasteiger partial charge on any atom is -0.338 e. The van der Waals surface area contributed by atoms with Gasteiger partial charge in [0, 0.05) is 10.7 Å². The monoisotopic (exact) mass is 297 g/mol. The van der Waals surface area contributed by atoms with E-state index in [4.69, 9.17) is 5.84 Å². The Kier molecular flexibility index (Phi) is 3.50. The summed E-state index contributed by atoms with van der Waals surface area (Å²) in [6, 6.07) is 6.32. The van der Waals surface area contributed by atoms with Crippen LogP contribution in [0.4, 0.5) is 21.8 Å². The Labute approximate surface area is 105 Å². The number of nitrogens with one attached hydrogen (secondary N) is 2. The largest absolute Gasteiger partial charge is 0.338 e. The molecule has 0 radical (unpaired) electrons. The quantitative estimate of drug-likeness (QED) is 0.599. The summed E-state index contributed by atoms with van der Waals surface area (Å²) in [7, 11) is 0. The normalized spacial score (nSPS) is 10.1. The van der Waals surface area contributed by atoms with Crippen LogP contribution in [0, 0.1) is 5.82 Å². The van der Waals surface area contributed by atoms with Gasteiger partial charge in [-0.2, -0.15) is 4.98 Å². The van der Waals surface area contributed by atoms with Crippen molar-refractivity contribution in [3.8, 4) is 0 Å². The van der Waals surface area contributed by atoms with Crippen LogP contribution in [0.5, 0.6) is 0 Å². The Balaban J connectivity index is 2.25. The van der Waals surface area contributed by atoms with Gasteiger partial charge in [0.05, 0.1) is 5.69 Å². The van der Waals surface area contributed by atoms with Crippen LogP contribution < -0.4 is 16.6 Å². The number of aromatic nitrogens is 2. The molecule has 17 heavy (non-hydrogen) atoms. The zero-order valence-corrected chi connectivity index (χ0v) is 10.2. The molecule has 0 bridgehead atoms. The average Bonchev–Trinajstić information content (AvgIpc) is 2.33. The lowest BCUT2D eigenvalue weighted by atomic mass is 10.3. The van der Waals surface area contributed by atoms with Crippen molar-refractivity contribution in [3.63, 3.8) is 0 Å². The lowest BCUT2D eigenvalue weighted by molar-refractivity contribution is 0.631. The molecule has 0 unspecified atom stereocenters. The van der Waals surface area contributed by atoms with Crippen molar-refractivity contribution >= 4 is 33.4 Å². The summed E-state index contributed by atoms with van der Waals surface area (Å²) < 4.78 is 14.2. The van der Waals surface area contributed by atoms with Crippen LogP contribution in [0.3, 0.4) is 0 Å². The van der Waals surface area contributed by atoms with Crippen molar-refractivity contribution in [1.82, 2.24) is 9.97 Å². The zero-order valence-electron chi connectivity index (χ0n) is 8.61. The highest BCUT2D eigenvalue weighted by Crippen LogP contribution is 2.22. The molecule has 0 aliphatic carbocycles. The van der Waals surface area contributed by atoms with Gasteiger partial charge in [0.25, 0.3) is 0 Å². The smallest absolute Gasteiger partial charge is 0.239 e. The molecule has 88 valence electrons. The summed E-state index contributed by atoms with van der Waals surface area (Å²) in [5.41, 5.74) is 2.64. The second-order valence-corrected chi connectivity index (χ2v) is 4.07. The summed E-state index contributed by atoms with van der Waals surface area (Å²) >= 11 is 3.18. The Morgan fingerprint density at radius 1 is 1.29 bits per heavy atom. The minimum absolute atomic E-state index is 0.257. The number of halogens is 2. The van der Waals surface area contributed by atoms with Crippen molar-refractivity contribution in [3.05, 3.63) is 40.8 Å². The molecular weight excluding hydrogens is 289 g/mol. The first-order valence-electron chi connectivity index (χ1n) is 4.71. The number of nitrogens with zero attached hydrogens (tertiary/aromatic N) is 2. The molecule has 0 spiro atoms. The molecule has 0 saturated heterocycles. The maximum Gasteiger partial charge on any atom is 0.239 e. The number of benzene rings is 1. The van der Waals surface area contributed by atoms with Gasteiger partial charge >= 0.3 is 0 Å². The van der Waals surface area contributed by atoms with E-state index >= 15 is 0 Å². The highest BCUT2D eigenvalue weighted by molar-refractivity contribution is 9.10. The maximum absolute atomic E-state index is 13.5. The van der Waals surface area contributed by atoms with Crippen LogP contribution in [0.2, 0.25) is 0 Å². The van der Waals surface area contributed by atoms with Crippen LogP contribution in [-0.4, -0.2) is 9.97 Å². The standard InChI is InChI=1S/C10H9BrFN5/c11-6-1-2-8(7(12)5-6)15-9-3-4-14-10(16-9)17-13/h1-5H,13H2,(H2,14,15,16,17). The predicted molar refractivity (Wildman–Crippen MR) is 67.2 cm³/mol. The maximum atomic E-state index is 13.5. The zero-order chi connectivity index (χ0) is 12.3. The second-order valence-electron chi connectivity index (χ2n) is 3.16. The van der Waals surface area contributed by atoms with E-state index in [1.165, 1.54) is 12.3 Å². The van der Waals surface area contributed by atoms with Crippen molar-refractivity contribution in [2.75, 3.05) is 10.7 Å². The van der Waals surface area contributed by atoms with E-state index in [9.17, 15) is 4.39 Å². The van der Waals surface area contributed by atoms with Crippen LogP contribution in [0.1, 0.15) is 0 Å². The van der Waals surface area contributed by atoms with Gasteiger partial charge in [0.2, 0.25) is 5.95 Å². The molecule has 0 saturated carbocycles. The fourth-order valence-corrected chi connectivity index (χ4v) is 1.56. The number of anilines is 3. The van der Waals surface area contributed by atoms with Gasteiger partial charge in [-0.05, 0) is 24.3 Å². The molecule has 1 aromatic carbocycles. The minimum atomic E-state index is -0.375.